The van der Waals surface area contributed by atoms with E-state index in [0.717, 1.165) is 49.3 Å². The fourth-order valence-corrected chi connectivity index (χ4v) is 4.39. The van der Waals surface area contributed by atoms with Gasteiger partial charge in [0.2, 0.25) is 5.75 Å². The quantitative estimate of drug-likeness (QED) is 0.288. The number of β-amino-alcohol motifs (C(OH)–C–C–N with tert-alkyl or cyclic N) is 1. The van der Waals surface area contributed by atoms with Crippen LogP contribution < -0.4 is 10.9 Å². The Labute approximate surface area is 210 Å². The van der Waals surface area contributed by atoms with Gasteiger partial charge in [0, 0.05) is 49.1 Å². The van der Waals surface area contributed by atoms with Gasteiger partial charge in [0.1, 0.15) is 0 Å². The molecule has 0 radical (unpaired) electrons. The standard InChI is InChI=1S/C28H32N4O4/c33-14-13-32-12-11-25(17-32)29-16-22-5-3-20(4-6-22)1-2-21-7-9-23(10-8-21)24(18-34)15-26-27(35)28(36)31-19-30-26/h3-10,19,24-25,29,33-35H,11-18H2,(H,30,31,36). The average Bonchev–Trinajstić information content (AvgIpc) is 3.36. The molecular weight excluding hydrogens is 456 g/mol. The highest BCUT2D eigenvalue weighted by molar-refractivity contribution is 5.44. The van der Waals surface area contributed by atoms with Crippen LogP contribution in [-0.4, -0.2) is 69.1 Å². The number of nitrogens with one attached hydrogen (secondary N) is 2. The molecule has 0 aliphatic carbocycles. The molecule has 2 atom stereocenters. The number of rotatable bonds is 9. The maximum atomic E-state index is 11.6. The van der Waals surface area contributed by atoms with E-state index < -0.39 is 11.3 Å². The van der Waals surface area contributed by atoms with E-state index in [2.05, 4.69) is 44.2 Å². The molecule has 5 N–H and O–H groups in total. The van der Waals surface area contributed by atoms with E-state index in [-0.39, 0.29) is 31.2 Å². The summed E-state index contributed by atoms with van der Waals surface area (Å²) in [6, 6.07) is 16.3. The molecule has 0 saturated carbocycles. The Balaban J connectivity index is 1.32. The molecule has 8 nitrogen and oxygen atoms in total. The van der Waals surface area contributed by atoms with Crippen molar-refractivity contribution in [3.05, 3.63) is 93.2 Å². The number of likely N-dealkylation sites (tertiary alicyclic amines) is 1. The zero-order valence-electron chi connectivity index (χ0n) is 20.2. The van der Waals surface area contributed by atoms with Gasteiger partial charge >= 0.3 is 0 Å². The van der Waals surface area contributed by atoms with Crippen LogP contribution in [0.2, 0.25) is 0 Å². The first kappa shape index (κ1) is 25.6. The lowest BCUT2D eigenvalue weighted by atomic mass is 9.94. The van der Waals surface area contributed by atoms with E-state index in [4.69, 9.17) is 5.11 Å². The summed E-state index contributed by atoms with van der Waals surface area (Å²) in [5.74, 6) is 5.65. The number of hydrogen-bond donors (Lipinski definition) is 5. The number of aliphatic hydroxyl groups is 2. The Morgan fingerprint density at radius 3 is 2.44 bits per heavy atom. The summed E-state index contributed by atoms with van der Waals surface area (Å²) in [7, 11) is 0. The van der Waals surface area contributed by atoms with Crippen molar-refractivity contribution in [3.8, 4) is 17.6 Å². The molecule has 1 fully saturated rings. The Morgan fingerprint density at radius 2 is 1.78 bits per heavy atom. The summed E-state index contributed by atoms with van der Waals surface area (Å²) in [5, 5.41) is 32.4. The van der Waals surface area contributed by atoms with Crippen molar-refractivity contribution in [1.82, 2.24) is 20.2 Å². The van der Waals surface area contributed by atoms with Crippen LogP contribution in [0.25, 0.3) is 0 Å². The van der Waals surface area contributed by atoms with Crippen molar-refractivity contribution >= 4 is 0 Å². The molecule has 2 aromatic carbocycles. The summed E-state index contributed by atoms with van der Waals surface area (Å²) >= 11 is 0. The van der Waals surface area contributed by atoms with Crippen molar-refractivity contribution in [1.29, 1.82) is 0 Å². The van der Waals surface area contributed by atoms with Crippen LogP contribution in [0.15, 0.2) is 59.7 Å². The number of aliphatic hydroxyl groups excluding tert-OH is 2. The third kappa shape index (κ3) is 6.80. The minimum atomic E-state index is -0.592. The zero-order chi connectivity index (χ0) is 25.3. The molecule has 0 amide bonds. The molecule has 1 aliphatic heterocycles. The van der Waals surface area contributed by atoms with Crippen LogP contribution >= 0.6 is 0 Å². The molecule has 36 heavy (non-hydrogen) atoms. The lowest BCUT2D eigenvalue weighted by Gasteiger charge is -2.15. The first-order valence-corrected chi connectivity index (χ1v) is 12.2. The van der Waals surface area contributed by atoms with Crippen LogP contribution in [0.1, 0.15) is 40.3 Å². The molecule has 0 spiro atoms. The Bertz CT molecular complexity index is 1250. The number of hydrogen-bond acceptors (Lipinski definition) is 7. The Hall–Kier alpha value is -3.48. The van der Waals surface area contributed by atoms with Gasteiger partial charge in [-0.2, -0.15) is 0 Å². The number of nitrogens with zero attached hydrogens (tertiary/aromatic N) is 2. The largest absolute Gasteiger partial charge is 0.502 e. The van der Waals surface area contributed by atoms with Crippen LogP contribution in [0.3, 0.4) is 0 Å². The SMILES string of the molecule is O=c1[nH]cnc(CC(CO)c2ccc(C#Cc3ccc(CNC4CCN(CCO)C4)cc3)cc2)c1O. The summed E-state index contributed by atoms with van der Waals surface area (Å²) in [6.07, 6.45) is 2.60. The smallest absolute Gasteiger partial charge is 0.293 e. The van der Waals surface area contributed by atoms with Crippen LogP contribution in [0.4, 0.5) is 0 Å². The van der Waals surface area contributed by atoms with Gasteiger partial charge in [-0.25, -0.2) is 4.98 Å². The van der Waals surface area contributed by atoms with Crippen molar-refractivity contribution in [3.63, 3.8) is 0 Å². The number of benzene rings is 2. The molecule has 1 aliphatic rings. The normalized spacial score (nSPS) is 16.4. The molecule has 0 bridgehead atoms. The molecule has 1 aromatic heterocycles. The highest BCUT2D eigenvalue weighted by atomic mass is 16.3. The van der Waals surface area contributed by atoms with Crippen molar-refractivity contribution < 1.29 is 15.3 Å². The van der Waals surface area contributed by atoms with Gasteiger partial charge in [0.25, 0.3) is 5.56 Å². The van der Waals surface area contributed by atoms with Crippen molar-refractivity contribution in [2.45, 2.75) is 31.3 Å². The third-order valence-corrected chi connectivity index (χ3v) is 6.54. The third-order valence-electron chi connectivity index (χ3n) is 6.54. The highest BCUT2D eigenvalue weighted by Crippen LogP contribution is 2.22. The number of aromatic hydroxyl groups is 1. The maximum Gasteiger partial charge on any atom is 0.293 e. The summed E-state index contributed by atoms with van der Waals surface area (Å²) in [4.78, 5) is 20.2. The fraction of sp³-hybridized carbons (Fsp3) is 0.357. The molecule has 8 heteroatoms. The van der Waals surface area contributed by atoms with E-state index in [0.29, 0.717) is 6.04 Å². The topological polar surface area (TPSA) is 122 Å². The first-order chi connectivity index (χ1) is 17.6. The van der Waals surface area contributed by atoms with Crippen molar-refractivity contribution in [2.75, 3.05) is 32.8 Å². The average molecular weight is 489 g/mol. The van der Waals surface area contributed by atoms with Crippen molar-refractivity contribution in [2.24, 2.45) is 0 Å². The van der Waals surface area contributed by atoms with Gasteiger partial charge in [0.15, 0.2) is 0 Å². The van der Waals surface area contributed by atoms with E-state index >= 15 is 0 Å². The first-order valence-electron chi connectivity index (χ1n) is 12.2. The van der Waals surface area contributed by atoms with Crippen LogP contribution in [0.5, 0.6) is 5.75 Å². The predicted molar refractivity (Wildman–Crippen MR) is 138 cm³/mol. The minimum Gasteiger partial charge on any atom is -0.502 e. The van der Waals surface area contributed by atoms with E-state index in [1.807, 2.05) is 36.4 Å². The van der Waals surface area contributed by atoms with Gasteiger partial charge in [-0.3, -0.25) is 9.69 Å². The van der Waals surface area contributed by atoms with Crippen LogP contribution in [-0.2, 0) is 13.0 Å². The van der Waals surface area contributed by atoms with Gasteiger partial charge in [0.05, 0.1) is 25.2 Å². The zero-order valence-corrected chi connectivity index (χ0v) is 20.2. The number of H-pyrrole nitrogens is 1. The maximum absolute atomic E-state index is 11.6. The second-order valence-electron chi connectivity index (χ2n) is 9.07. The molecule has 4 rings (SSSR count). The highest BCUT2D eigenvalue weighted by Gasteiger charge is 2.21. The molecule has 2 unspecified atom stereocenters. The van der Waals surface area contributed by atoms with E-state index in [1.54, 1.807) is 0 Å². The number of aromatic amines is 1. The minimum absolute atomic E-state index is 0.137. The fourth-order valence-electron chi connectivity index (χ4n) is 4.39. The number of aromatic nitrogens is 2. The predicted octanol–water partition coefficient (Wildman–Crippen LogP) is 1.35. The second-order valence-corrected chi connectivity index (χ2v) is 9.07. The molecular formula is C28H32N4O4. The Morgan fingerprint density at radius 1 is 1.08 bits per heavy atom. The summed E-state index contributed by atoms with van der Waals surface area (Å²) in [6.45, 7) is 3.64. The second kappa shape index (κ2) is 12.5. The van der Waals surface area contributed by atoms with Gasteiger partial charge in [-0.15, -0.1) is 0 Å². The van der Waals surface area contributed by atoms with Gasteiger partial charge in [-0.05, 0) is 48.4 Å². The molecule has 2 heterocycles. The molecule has 3 aromatic rings. The lowest BCUT2D eigenvalue weighted by Crippen LogP contribution is -2.33. The summed E-state index contributed by atoms with van der Waals surface area (Å²) in [5.41, 5.74) is 3.54. The summed E-state index contributed by atoms with van der Waals surface area (Å²) < 4.78 is 0. The van der Waals surface area contributed by atoms with E-state index in [9.17, 15) is 15.0 Å². The van der Waals surface area contributed by atoms with Gasteiger partial charge < -0.3 is 25.6 Å². The van der Waals surface area contributed by atoms with Crippen LogP contribution in [0, 0.1) is 11.8 Å². The Kier molecular flexibility index (Phi) is 8.87. The molecule has 188 valence electrons. The monoisotopic (exact) mass is 488 g/mol. The van der Waals surface area contributed by atoms with Gasteiger partial charge in [-0.1, -0.05) is 36.1 Å². The molecule has 1 saturated heterocycles. The lowest BCUT2D eigenvalue weighted by molar-refractivity contribution is 0.218. The van der Waals surface area contributed by atoms with E-state index in [1.165, 1.54) is 11.9 Å².